The number of sulfonamides is 1. The minimum absolute atomic E-state index is 0.0698. The summed E-state index contributed by atoms with van der Waals surface area (Å²) < 4.78 is 41.4. The predicted molar refractivity (Wildman–Crippen MR) is 173 cm³/mol. The van der Waals surface area contributed by atoms with Crippen LogP contribution in [0.2, 0.25) is 0 Å². The molecule has 4 atom stereocenters. The maximum atomic E-state index is 14.3. The molecule has 2 N–H and O–H groups in total. The van der Waals surface area contributed by atoms with E-state index in [0.29, 0.717) is 25.4 Å². The fourth-order valence-electron chi connectivity index (χ4n) is 5.24. The first kappa shape index (κ1) is 33.9. The van der Waals surface area contributed by atoms with Crippen molar-refractivity contribution in [1.82, 2.24) is 14.8 Å². The summed E-state index contributed by atoms with van der Waals surface area (Å²) in [5.41, 5.74) is 1.64. The molecule has 1 amide bonds. The van der Waals surface area contributed by atoms with Gasteiger partial charge in [0.2, 0.25) is 0 Å². The SMILES string of the molecule is C[C@H](CO)N1C[C@H](C)[C@@H](CN(C)Cc2ccncc2)OCCCC[C@H](C)Oc2ccc(NS(=O)(=O)c3cccs3)cc2C1=O. The van der Waals surface area contributed by atoms with Crippen molar-refractivity contribution < 1.29 is 27.8 Å². The number of hydrogen-bond donors (Lipinski definition) is 2. The Labute approximate surface area is 265 Å². The number of thiophene rings is 1. The molecule has 4 rings (SSSR count). The number of aromatic nitrogens is 1. The van der Waals surface area contributed by atoms with Gasteiger partial charge in [0.1, 0.15) is 9.96 Å². The van der Waals surface area contributed by atoms with Gasteiger partial charge in [-0.05, 0) is 87.5 Å². The number of aliphatic hydroxyl groups is 1. The average Bonchev–Trinajstić information content (AvgIpc) is 3.55. The van der Waals surface area contributed by atoms with Gasteiger partial charge in [-0.1, -0.05) is 13.0 Å². The third kappa shape index (κ3) is 9.24. The third-order valence-corrected chi connectivity index (χ3v) is 10.5. The molecule has 0 radical (unpaired) electrons. The Bertz CT molecular complexity index is 1440. The van der Waals surface area contributed by atoms with E-state index in [4.69, 9.17) is 9.47 Å². The van der Waals surface area contributed by atoms with Crippen LogP contribution in [0.1, 0.15) is 56.0 Å². The quantitative estimate of drug-likeness (QED) is 0.339. The van der Waals surface area contributed by atoms with Gasteiger partial charge < -0.3 is 19.5 Å². The van der Waals surface area contributed by atoms with Gasteiger partial charge in [-0.3, -0.25) is 19.4 Å². The number of carbonyl (C=O) groups is 1. The Morgan fingerprint density at radius 1 is 1.18 bits per heavy atom. The number of pyridine rings is 1. The highest BCUT2D eigenvalue weighted by molar-refractivity contribution is 7.94. The molecule has 2 aromatic heterocycles. The largest absolute Gasteiger partial charge is 0.490 e. The van der Waals surface area contributed by atoms with Crippen LogP contribution in [0.5, 0.6) is 5.75 Å². The first-order chi connectivity index (χ1) is 21.1. The van der Waals surface area contributed by atoms with E-state index in [1.165, 1.54) is 12.1 Å². The van der Waals surface area contributed by atoms with Crippen molar-refractivity contribution in [2.45, 2.75) is 69.0 Å². The zero-order valence-electron chi connectivity index (χ0n) is 25.9. The number of benzene rings is 1. The second-order valence-corrected chi connectivity index (χ2v) is 14.5. The van der Waals surface area contributed by atoms with Crippen LogP contribution in [-0.4, -0.2) is 85.8 Å². The van der Waals surface area contributed by atoms with Crippen LogP contribution >= 0.6 is 11.3 Å². The van der Waals surface area contributed by atoms with Crippen LogP contribution in [0.3, 0.4) is 0 Å². The summed E-state index contributed by atoms with van der Waals surface area (Å²) in [6, 6.07) is 11.5. The summed E-state index contributed by atoms with van der Waals surface area (Å²) in [7, 11) is -1.77. The Kier molecular flexibility index (Phi) is 12.2. The van der Waals surface area contributed by atoms with Gasteiger partial charge in [-0.2, -0.15) is 0 Å². The second-order valence-electron chi connectivity index (χ2n) is 11.6. The highest BCUT2D eigenvalue weighted by Gasteiger charge is 2.30. The van der Waals surface area contributed by atoms with E-state index < -0.39 is 16.1 Å². The molecule has 0 unspecified atom stereocenters. The molecule has 0 spiro atoms. The predicted octanol–water partition coefficient (Wildman–Crippen LogP) is 4.87. The van der Waals surface area contributed by atoms with Gasteiger partial charge in [0.05, 0.1) is 30.4 Å². The number of carbonyl (C=O) groups excluding carboxylic acids is 1. The lowest BCUT2D eigenvalue weighted by Crippen LogP contribution is -2.47. The van der Waals surface area contributed by atoms with Crippen LogP contribution in [-0.2, 0) is 21.3 Å². The monoisotopic (exact) mass is 644 g/mol. The van der Waals surface area contributed by atoms with E-state index in [2.05, 4.69) is 28.6 Å². The van der Waals surface area contributed by atoms with Gasteiger partial charge in [-0.25, -0.2) is 8.42 Å². The normalized spacial score (nSPS) is 21.3. The van der Waals surface area contributed by atoms with E-state index in [1.807, 2.05) is 19.1 Å². The fourth-order valence-corrected chi connectivity index (χ4v) is 7.28. The van der Waals surface area contributed by atoms with Gasteiger partial charge in [0.15, 0.2) is 0 Å². The highest BCUT2D eigenvalue weighted by Crippen LogP contribution is 2.30. The van der Waals surface area contributed by atoms with Crippen molar-refractivity contribution in [2.24, 2.45) is 5.92 Å². The van der Waals surface area contributed by atoms with Gasteiger partial charge >= 0.3 is 0 Å². The molecular weight excluding hydrogens is 601 g/mol. The standard InChI is InChI=1S/C32H44N4O6S2/c1-23-19-36(24(2)22-37)32(38)28-18-27(34-44(39,40)31-9-7-17-43-31)10-11-29(28)42-25(3)8-5-6-16-41-30(23)21-35(4)20-26-12-14-33-15-13-26/h7,9-15,17-18,23-25,30,34,37H,5-6,8,16,19-22H2,1-4H3/t23-,24+,25-,30+/m0/s1. The number of nitrogens with zero attached hydrogens (tertiary/aromatic N) is 3. The summed E-state index contributed by atoms with van der Waals surface area (Å²) in [4.78, 5) is 22.2. The lowest BCUT2D eigenvalue weighted by atomic mass is 10.0. The molecule has 240 valence electrons. The van der Waals surface area contributed by atoms with E-state index in [1.54, 1.807) is 47.8 Å². The number of fused-ring (bicyclic) bond motifs is 1. The van der Waals surface area contributed by atoms with Crippen molar-refractivity contribution in [2.75, 3.05) is 38.1 Å². The summed E-state index contributed by atoms with van der Waals surface area (Å²) in [6.07, 6.45) is 5.76. The van der Waals surface area contributed by atoms with E-state index in [-0.39, 0.29) is 46.1 Å². The zero-order chi connectivity index (χ0) is 31.7. The molecule has 3 heterocycles. The van der Waals surface area contributed by atoms with Crippen LogP contribution in [0.15, 0.2) is 64.4 Å². The van der Waals surface area contributed by atoms with Crippen molar-refractivity contribution in [1.29, 1.82) is 0 Å². The van der Waals surface area contributed by atoms with Gasteiger partial charge in [0, 0.05) is 50.2 Å². The van der Waals surface area contributed by atoms with Crippen molar-refractivity contribution >= 4 is 33.0 Å². The van der Waals surface area contributed by atoms with Crippen molar-refractivity contribution in [3.8, 4) is 5.75 Å². The third-order valence-electron chi connectivity index (χ3n) is 7.76. The molecule has 0 aliphatic carbocycles. The molecule has 0 saturated heterocycles. The maximum absolute atomic E-state index is 14.3. The Morgan fingerprint density at radius 3 is 2.66 bits per heavy atom. The first-order valence-corrected chi connectivity index (χ1v) is 17.4. The summed E-state index contributed by atoms with van der Waals surface area (Å²) in [6.45, 7) is 7.90. The van der Waals surface area contributed by atoms with E-state index in [0.717, 1.165) is 42.7 Å². The molecule has 0 saturated carbocycles. The Morgan fingerprint density at radius 2 is 1.95 bits per heavy atom. The van der Waals surface area contributed by atoms with E-state index >= 15 is 0 Å². The number of aliphatic hydroxyl groups excluding tert-OH is 1. The van der Waals surface area contributed by atoms with Crippen molar-refractivity contribution in [3.63, 3.8) is 0 Å². The Hall–Kier alpha value is -3.03. The molecule has 1 aliphatic heterocycles. The maximum Gasteiger partial charge on any atom is 0.271 e. The number of likely N-dealkylation sites (N-methyl/N-ethyl adjacent to an activating group) is 1. The molecule has 0 fully saturated rings. The van der Waals surface area contributed by atoms with Crippen molar-refractivity contribution in [3.05, 3.63) is 71.4 Å². The lowest BCUT2D eigenvalue weighted by molar-refractivity contribution is -0.0177. The molecule has 1 aromatic carbocycles. The first-order valence-electron chi connectivity index (χ1n) is 15.0. The second kappa shape index (κ2) is 15.8. The summed E-state index contributed by atoms with van der Waals surface area (Å²) >= 11 is 1.11. The lowest BCUT2D eigenvalue weighted by Gasteiger charge is -2.36. The smallest absolute Gasteiger partial charge is 0.271 e. The molecule has 3 aromatic rings. The fraction of sp³-hybridized carbons (Fsp3) is 0.500. The van der Waals surface area contributed by atoms with Crippen LogP contribution in [0, 0.1) is 5.92 Å². The number of ether oxygens (including phenoxy) is 2. The number of nitrogens with one attached hydrogen (secondary N) is 1. The van der Waals surface area contributed by atoms with Gasteiger partial charge in [-0.15, -0.1) is 11.3 Å². The summed E-state index contributed by atoms with van der Waals surface area (Å²) in [5.74, 6) is -0.0374. The molecule has 12 heteroatoms. The molecule has 44 heavy (non-hydrogen) atoms. The number of rotatable bonds is 9. The van der Waals surface area contributed by atoms with Crippen LogP contribution in [0.25, 0.3) is 0 Å². The Balaban J connectivity index is 1.63. The van der Waals surface area contributed by atoms with Crippen LogP contribution < -0.4 is 9.46 Å². The topological polar surface area (TPSA) is 121 Å². The molecule has 10 nitrogen and oxygen atoms in total. The zero-order valence-corrected chi connectivity index (χ0v) is 27.5. The number of amides is 1. The molecule has 0 bridgehead atoms. The highest BCUT2D eigenvalue weighted by atomic mass is 32.2. The molecular formula is C32H44N4O6S2. The van der Waals surface area contributed by atoms with Gasteiger partial charge in [0.25, 0.3) is 15.9 Å². The number of hydrogen-bond acceptors (Lipinski definition) is 9. The van der Waals surface area contributed by atoms with E-state index in [9.17, 15) is 18.3 Å². The summed E-state index contributed by atoms with van der Waals surface area (Å²) in [5, 5.41) is 11.9. The average molecular weight is 645 g/mol. The molecule has 1 aliphatic rings. The van der Waals surface area contributed by atoms with Crippen LogP contribution in [0.4, 0.5) is 5.69 Å². The minimum atomic E-state index is -3.82. The number of anilines is 1. The minimum Gasteiger partial charge on any atom is -0.490 e.